The Hall–Kier alpha value is -0.570. The highest BCUT2D eigenvalue weighted by molar-refractivity contribution is 5.73. The molecule has 2 unspecified atom stereocenters. The number of likely N-dealkylation sites (tertiary alicyclic amines) is 1. The number of primary amides is 1. The lowest BCUT2D eigenvalue weighted by Gasteiger charge is -2.34. The first-order valence-electron chi connectivity index (χ1n) is 5.08. The Morgan fingerprint density at radius 2 is 1.92 bits per heavy atom. The van der Waals surface area contributed by atoms with Gasteiger partial charge in [-0.05, 0) is 18.3 Å². The highest BCUT2D eigenvalue weighted by atomic mass is 16.1. The van der Waals surface area contributed by atoms with Gasteiger partial charge in [-0.1, -0.05) is 13.8 Å². The molecule has 0 radical (unpaired) electrons. The molecule has 2 N–H and O–H groups in total. The largest absolute Gasteiger partial charge is 0.370 e. The second-order valence-corrected chi connectivity index (χ2v) is 4.42. The molecule has 1 aliphatic rings. The van der Waals surface area contributed by atoms with Crippen LogP contribution >= 0.6 is 0 Å². The first-order valence-corrected chi connectivity index (χ1v) is 5.08. The predicted octanol–water partition coefficient (Wildman–Crippen LogP) is 0.840. The Labute approximate surface area is 80.3 Å². The molecule has 0 aromatic heterocycles. The minimum Gasteiger partial charge on any atom is -0.370 e. The van der Waals surface area contributed by atoms with Crippen molar-refractivity contribution in [2.45, 2.75) is 26.7 Å². The fourth-order valence-corrected chi connectivity index (χ4v) is 2.24. The molecule has 3 heteroatoms. The fraction of sp³-hybridized carbons (Fsp3) is 0.900. The number of hydrogen-bond acceptors (Lipinski definition) is 2. The highest BCUT2D eigenvalue weighted by Gasteiger charge is 2.21. The summed E-state index contributed by atoms with van der Waals surface area (Å²) in [6.07, 6.45) is 1.81. The quantitative estimate of drug-likeness (QED) is 0.706. The van der Waals surface area contributed by atoms with E-state index >= 15 is 0 Å². The van der Waals surface area contributed by atoms with Crippen LogP contribution in [-0.2, 0) is 4.79 Å². The number of rotatable bonds is 3. The van der Waals surface area contributed by atoms with Crippen molar-refractivity contribution in [1.82, 2.24) is 4.90 Å². The summed E-state index contributed by atoms with van der Waals surface area (Å²) >= 11 is 0. The molecule has 2 atom stereocenters. The van der Waals surface area contributed by atoms with Crippen molar-refractivity contribution in [3.63, 3.8) is 0 Å². The number of nitrogens with two attached hydrogens (primary N) is 1. The third kappa shape index (κ3) is 3.77. The second kappa shape index (κ2) is 4.61. The molecule has 1 amide bonds. The van der Waals surface area contributed by atoms with Crippen LogP contribution in [0.1, 0.15) is 26.7 Å². The van der Waals surface area contributed by atoms with Crippen LogP contribution in [0.4, 0.5) is 0 Å². The van der Waals surface area contributed by atoms with Crippen LogP contribution < -0.4 is 5.73 Å². The van der Waals surface area contributed by atoms with Gasteiger partial charge in [0.15, 0.2) is 0 Å². The topological polar surface area (TPSA) is 46.3 Å². The first-order chi connectivity index (χ1) is 6.08. The van der Waals surface area contributed by atoms with Crippen molar-refractivity contribution < 1.29 is 4.79 Å². The van der Waals surface area contributed by atoms with E-state index in [1.54, 1.807) is 0 Å². The standard InChI is InChI=1S/C10H20N2O/c1-8-5-9(2)7-12(6-8)4-3-10(11)13/h8-9H,3-7H2,1-2H3,(H2,11,13). The summed E-state index contributed by atoms with van der Waals surface area (Å²) in [5.41, 5.74) is 5.11. The van der Waals surface area contributed by atoms with Gasteiger partial charge in [-0.15, -0.1) is 0 Å². The van der Waals surface area contributed by atoms with Crippen LogP contribution in [0.5, 0.6) is 0 Å². The lowest BCUT2D eigenvalue weighted by atomic mass is 9.92. The summed E-state index contributed by atoms with van der Waals surface area (Å²) in [6, 6.07) is 0. The van der Waals surface area contributed by atoms with Crippen LogP contribution in [0.25, 0.3) is 0 Å². The molecular formula is C10H20N2O. The number of nitrogens with zero attached hydrogens (tertiary/aromatic N) is 1. The maximum absolute atomic E-state index is 10.6. The van der Waals surface area contributed by atoms with Gasteiger partial charge < -0.3 is 10.6 Å². The van der Waals surface area contributed by atoms with Crippen LogP contribution in [0.3, 0.4) is 0 Å². The van der Waals surface area contributed by atoms with Crippen LogP contribution in [0, 0.1) is 11.8 Å². The van der Waals surface area contributed by atoms with Gasteiger partial charge in [-0.25, -0.2) is 0 Å². The van der Waals surface area contributed by atoms with Gasteiger partial charge in [-0.2, -0.15) is 0 Å². The Kier molecular flexibility index (Phi) is 3.72. The monoisotopic (exact) mass is 184 g/mol. The van der Waals surface area contributed by atoms with E-state index in [0.29, 0.717) is 6.42 Å². The van der Waals surface area contributed by atoms with Crippen LogP contribution in [0.15, 0.2) is 0 Å². The molecule has 0 aromatic rings. The number of piperidine rings is 1. The van der Waals surface area contributed by atoms with E-state index in [2.05, 4.69) is 18.7 Å². The van der Waals surface area contributed by atoms with Gasteiger partial charge in [0.2, 0.25) is 5.91 Å². The molecule has 3 nitrogen and oxygen atoms in total. The van der Waals surface area contributed by atoms with E-state index < -0.39 is 0 Å². The lowest BCUT2D eigenvalue weighted by molar-refractivity contribution is -0.118. The number of hydrogen-bond donors (Lipinski definition) is 1. The van der Waals surface area contributed by atoms with Gasteiger partial charge in [0.05, 0.1) is 0 Å². The van der Waals surface area contributed by atoms with E-state index in [-0.39, 0.29) is 5.91 Å². The molecule has 1 heterocycles. The number of carbonyl (C=O) groups is 1. The molecule has 1 saturated heterocycles. The zero-order valence-corrected chi connectivity index (χ0v) is 8.62. The Bertz CT molecular complexity index is 172. The molecule has 13 heavy (non-hydrogen) atoms. The Morgan fingerprint density at radius 3 is 2.38 bits per heavy atom. The van der Waals surface area contributed by atoms with E-state index in [4.69, 9.17) is 5.73 Å². The summed E-state index contributed by atoms with van der Waals surface area (Å²) in [6.45, 7) is 7.62. The van der Waals surface area contributed by atoms with E-state index in [1.807, 2.05) is 0 Å². The molecule has 0 saturated carbocycles. The first kappa shape index (κ1) is 10.5. The van der Waals surface area contributed by atoms with Gasteiger partial charge in [0, 0.05) is 26.1 Å². The number of carbonyl (C=O) groups excluding carboxylic acids is 1. The van der Waals surface area contributed by atoms with Crippen molar-refractivity contribution in [2.75, 3.05) is 19.6 Å². The average Bonchev–Trinajstić information content (AvgIpc) is 1.99. The Morgan fingerprint density at radius 1 is 1.38 bits per heavy atom. The predicted molar refractivity (Wildman–Crippen MR) is 53.2 cm³/mol. The normalized spacial score (nSPS) is 30.3. The molecule has 0 aliphatic carbocycles. The minimum atomic E-state index is -0.189. The third-order valence-corrected chi connectivity index (χ3v) is 2.62. The molecule has 1 rings (SSSR count). The zero-order chi connectivity index (χ0) is 9.84. The average molecular weight is 184 g/mol. The Balaban J connectivity index is 2.28. The molecule has 0 bridgehead atoms. The lowest BCUT2D eigenvalue weighted by Crippen LogP contribution is -2.40. The van der Waals surface area contributed by atoms with Crippen LogP contribution in [0.2, 0.25) is 0 Å². The maximum atomic E-state index is 10.6. The van der Waals surface area contributed by atoms with Gasteiger partial charge in [-0.3, -0.25) is 4.79 Å². The van der Waals surface area contributed by atoms with Crippen molar-refractivity contribution in [2.24, 2.45) is 17.6 Å². The van der Waals surface area contributed by atoms with Crippen molar-refractivity contribution in [1.29, 1.82) is 0 Å². The zero-order valence-electron chi connectivity index (χ0n) is 8.62. The van der Waals surface area contributed by atoms with Gasteiger partial charge >= 0.3 is 0 Å². The third-order valence-electron chi connectivity index (χ3n) is 2.62. The van der Waals surface area contributed by atoms with Crippen molar-refractivity contribution >= 4 is 5.91 Å². The van der Waals surface area contributed by atoms with Crippen molar-refractivity contribution in [3.05, 3.63) is 0 Å². The molecule has 1 aliphatic heterocycles. The van der Waals surface area contributed by atoms with Gasteiger partial charge in [0.1, 0.15) is 0 Å². The molecule has 76 valence electrons. The summed E-state index contributed by atoms with van der Waals surface area (Å²) < 4.78 is 0. The molecule has 0 spiro atoms. The van der Waals surface area contributed by atoms with E-state index in [0.717, 1.165) is 31.5 Å². The maximum Gasteiger partial charge on any atom is 0.218 e. The highest BCUT2D eigenvalue weighted by Crippen LogP contribution is 2.20. The van der Waals surface area contributed by atoms with E-state index in [1.165, 1.54) is 6.42 Å². The summed E-state index contributed by atoms with van der Waals surface area (Å²) in [4.78, 5) is 13.0. The van der Waals surface area contributed by atoms with Gasteiger partial charge in [0.25, 0.3) is 0 Å². The summed E-state index contributed by atoms with van der Waals surface area (Å²) in [5.74, 6) is 1.33. The summed E-state index contributed by atoms with van der Waals surface area (Å²) in [7, 11) is 0. The smallest absolute Gasteiger partial charge is 0.218 e. The summed E-state index contributed by atoms with van der Waals surface area (Å²) in [5, 5.41) is 0. The minimum absolute atomic E-state index is 0.189. The van der Waals surface area contributed by atoms with Crippen molar-refractivity contribution in [3.8, 4) is 0 Å². The molecule has 1 fully saturated rings. The second-order valence-electron chi connectivity index (χ2n) is 4.42. The van der Waals surface area contributed by atoms with E-state index in [9.17, 15) is 4.79 Å². The number of amides is 1. The fourth-order valence-electron chi connectivity index (χ4n) is 2.24. The molecule has 0 aromatic carbocycles. The SMILES string of the molecule is CC1CC(C)CN(CCC(N)=O)C1. The van der Waals surface area contributed by atoms with Crippen LogP contribution in [-0.4, -0.2) is 30.4 Å². The molecular weight excluding hydrogens is 164 g/mol.